The smallest absolute Gasteiger partial charge is 0.271 e. The summed E-state index contributed by atoms with van der Waals surface area (Å²) in [6.07, 6.45) is 0.256. The predicted molar refractivity (Wildman–Crippen MR) is 69.7 cm³/mol. The molecular weight excluding hydrogens is 234 g/mol. The van der Waals surface area contributed by atoms with Gasteiger partial charge in [-0.25, -0.2) is 0 Å². The van der Waals surface area contributed by atoms with Crippen LogP contribution in [0.25, 0.3) is 0 Å². The predicted octanol–water partition coefficient (Wildman–Crippen LogP) is 1.79. The molecule has 1 fully saturated rings. The van der Waals surface area contributed by atoms with E-state index in [2.05, 4.69) is 4.90 Å². The lowest BCUT2D eigenvalue weighted by Crippen LogP contribution is -2.45. The van der Waals surface area contributed by atoms with Crippen molar-refractivity contribution in [2.75, 3.05) is 23.7 Å². The molecular formula is C12H17N3O3. The number of nitro benzene ring substituents is 1. The van der Waals surface area contributed by atoms with Crippen LogP contribution in [-0.4, -0.2) is 30.2 Å². The highest BCUT2D eigenvalue weighted by Crippen LogP contribution is 2.29. The minimum Gasteiger partial charge on any atom is -0.397 e. The Balaban J connectivity index is 2.25. The van der Waals surface area contributed by atoms with E-state index in [9.17, 15) is 10.1 Å². The zero-order valence-corrected chi connectivity index (χ0v) is 10.5. The first-order chi connectivity index (χ1) is 8.47. The maximum Gasteiger partial charge on any atom is 0.271 e. The molecule has 1 aliphatic heterocycles. The molecule has 6 nitrogen and oxygen atoms in total. The van der Waals surface area contributed by atoms with E-state index in [1.54, 1.807) is 6.07 Å². The number of benzene rings is 1. The van der Waals surface area contributed by atoms with Crippen LogP contribution in [0.15, 0.2) is 18.2 Å². The number of nitro groups is 1. The summed E-state index contributed by atoms with van der Waals surface area (Å²) in [7, 11) is 0. The largest absolute Gasteiger partial charge is 0.397 e. The first-order valence-corrected chi connectivity index (χ1v) is 5.91. The van der Waals surface area contributed by atoms with Gasteiger partial charge in [-0.2, -0.15) is 0 Å². The summed E-state index contributed by atoms with van der Waals surface area (Å²) in [6.45, 7) is 5.49. The van der Waals surface area contributed by atoms with Crippen molar-refractivity contribution >= 4 is 17.1 Å². The number of anilines is 2. The highest BCUT2D eigenvalue weighted by Gasteiger charge is 2.24. The van der Waals surface area contributed by atoms with E-state index in [0.717, 1.165) is 18.8 Å². The van der Waals surface area contributed by atoms with Gasteiger partial charge in [0.25, 0.3) is 5.69 Å². The second-order valence-electron chi connectivity index (χ2n) is 4.66. The molecule has 98 valence electrons. The molecule has 0 aromatic heterocycles. The highest BCUT2D eigenvalue weighted by atomic mass is 16.6. The molecule has 1 aliphatic rings. The molecule has 0 radical (unpaired) electrons. The van der Waals surface area contributed by atoms with Gasteiger partial charge in [0.1, 0.15) is 0 Å². The molecule has 0 amide bonds. The quantitative estimate of drug-likeness (QED) is 0.492. The maximum absolute atomic E-state index is 10.7. The fourth-order valence-corrected chi connectivity index (χ4v) is 2.32. The number of non-ortho nitro benzene ring substituents is 1. The summed E-state index contributed by atoms with van der Waals surface area (Å²) >= 11 is 0. The molecule has 0 aliphatic carbocycles. The number of hydrogen-bond donors (Lipinski definition) is 1. The van der Waals surface area contributed by atoms with E-state index >= 15 is 0 Å². The molecule has 1 saturated heterocycles. The van der Waals surface area contributed by atoms with Crippen LogP contribution in [0.3, 0.4) is 0 Å². The van der Waals surface area contributed by atoms with Crippen molar-refractivity contribution in [3.8, 4) is 0 Å². The Morgan fingerprint density at radius 1 is 1.39 bits per heavy atom. The average molecular weight is 251 g/mol. The Morgan fingerprint density at radius 2 is 2.00 bits per heavy atom. The molecule has 18 heavy (non-hydrogen) atoms. The van der Waals surface area contributed by atoms with Gasteiger partial charge in [-0.05, 0) is 19.9 Å². The SMILES string of the molecule is CC1CN(c2ccc([N+](=O)[O-])cc2N)CC(C)O1. The normalized spacial score (nSPS) is 24.0. The van der Waals surface area contributed by atoms with E-state index in [0.29, 0.717) is 5.69 Å². The number of nitrogen functional groups attached to an aromatic ring is 1. The zero-order chi connectivity index (χ0) is 13.3. The van der Waals surface area contributed by atoms with Gasteiger partial charge in [-0.15, -0.1) is 0 Å². The number of rotatable bonds is 2. The molecule has 2 N–H and O–H groups in total. The first-order valence-electron chi connectivity index (χ1n) is 5.91. The van der Waals surface area contributed by atoms with Crippen molar-refractivity contribution in [2.45, 2.75) is 26.1 Å². The number of morpholine rings is 1. The van der Waals surface area contributed by atoms with Gasteiger partial charge in [0.05, 0.1) is 28.5 Å². The monoisotopic (exact) mass is 251 g/mol. The second kappa shape index (κ2) is 4.81. The number of nitrogens with two attached hydrogens (primary N) is 1. The van der Waals surface area contributed by atoms with Crippen molar-refractivity contribution in [3.63, 3.8) is 0 Å². The minimum atomic E-state index is -0.440. The fraction of sp³-hybridized carbons (Fsp3) is 0.500. The molecule has 2 atom stereocenters. The molecule has 0 saturated carbocycles. The third-order valence-corrected chi connectivity index (χ3v) is 2.98. The lowest BCUT2D eigenvalue weighted by molar-refractivity contribution is -0.384. The molecule has 2 rings (SSSR count). The van der Waals surface area contributed by atoms with Crippen LogP contribution in [0.4, 0.5) is 17.1 Å². The van der Waals surface area contributed by atoms with Crippen molar-refractivity contribution in [2.24, 2.45) is 0 Å². The summed E-state index contributed by atoms with van der Waals surface area (Å²) in [5.74, 6) is 0. The van der Waals surface area contributed by atoms with Crippen molar-refractivity contribution in [3.05, 3.63) is 28.3 Å². The Morgan fingerprint density at radius 3 is 2.50 bits per heavy atom. The standard InChI is InChI=1S/C12H17N3O3/c1-8-6-14(7-9(2)18-8)12-4-3-10(15(16)17)5-11(12)13/h3-5,8-9H,6-7,13H2,1-2H3. The molecule has 2 unspecified atom stereocenters. The third-order valence-electron chi connectivity index (χ3n) is 2.98. The van der Waals surface area contributed by atoms with Gasteiger partial charge in [-0.3, -0.25) is 10.1 Å². The summed E-state index contributed by atoms with van der Waals surface area (Å²) in [4.78, 5) is 12.3. The van der Waals surface area contributed by atoms with E-state index in [-0.39, 0.29) is 17.9 Å². The van der Waals surface area contributed by atoms with E-state index in [4.69, 9.17) is 10.5 Å². The van der Waals surface area contributed by atoms with Crippen molar-refractivity contribution < 1.29 is 9.66 Å². The van der Waals surface area contributed by atoms with Gasteiger partial charge in [-0.1, -0.05) is 0 Å². The summed E-state index contributed by atoms with van der Waals surface area (Å²) in [6, 6.07) is 4.59. The van der Waals surface area contributed by atoms with Crippen LogP contribution in [0.5, 0.6) is 0 Å². The zero-order valence-electron chi connectivity index (χ0n) is 10.5. The maximum atomic E-state index is 10.7. The van der Waals surface area contributed by atoms with E-state index < -0.39 is 4.92 Å². The highest BCUT2D eigenvalue weighted by molar-refractivity contribution is 5.70. The molecule has 1 aromatic rings. The summed E-state index contributed by atoms with van der Waals surface area (Å²) in [5, 5.41) is 10.7. The Hall–Kier alpha value is -1.82. The fourth-order valence-electron chi connectivity index (χ4n) is 2.32. The van der Waals surface area contributed by atoms with Crippen LogP contribution in [0.2, 0.25) is 0 Å². The van der Waals surface area contributed by atoms with Gasteiger partial charge in [0.2, 0.25) is 0 Å². The van der Waals surface area contributed by atoms with Crippen LogP contribution in [0.1, 0.15) is 13.8 Å². The molecule has 0 spiro atoms. The number of ether oxygens (including phenoxy) is 1. The minimum absolute atomic E-state index is 0.0191. The first kappa shape index (κ1) is 12.6. The van der Waals surface area contributed by atoms with Crippen molar-refractivity contribution in [1.82, 2.24) is 0 Å². The summed E-state index contributed by atoms with van der Waals surface area (Å²) < 4.78 is 5.65. The Bertz CT molecular complexity index is 454. The van der Waals surface area contributed by atoms with Crippen LogP contribution >= 0.6 is 0 Å². The van der Waals surface area contributed by atoms with Crippen LogP contribution in [0, 0.1) is 10.1 Å². The van der Waals surface area contributed by atoms with Crippen molar-refractivity contribution in [1.29, 1.82) is 0 Å². The number of nitrogens with zero attached hydrogens (tertiary/aromatic N) is 2. The van der Waals surface area contributed by atoms with Crippen LogP contribution < -0.4 is 10.6 Å². The number of hydrogen-bond acceptors (Lipinski definition) is 5. The van der Waals surface area contributed by atoms with E-state index in [1.165, 1.54) is 12.1 Å². The van der Waals surface area contributed by atoms with Gasteiger partial charge in [0, 0.05) is 25.2 Å². The third kappa shape index (κ3) is 2.53. The van der Waals surface area contributed by atoms with Gasteiger partial charge in [0.15, 0.2) is 0 Å². The molecule has 0 bridgehead atoms. The van der Waals surface area contributed by atoms with Crippen LogP contribution in [-0.2, 0) is 4.74 Å². The van der Waals surface area contributed by atoms with Gasteiger partial charge >= 0.3 is 0 Å². The molecule has 1 heterocycles. The lowest BCUT2D eigenvalue weighted by Gasteiger charge is -2.37. The molecule has 6 heteroatoms. The Labute approximate surface area is 105 Å². The lowest BCUT2D eigenvalue weighted by atomic mass is 10.1. The summed E-state index contributed by atoms with van der Waals surface area (Å²) in [5.41, 5.74) is 7.18. The second-order valence-corrected chi connectivity index (χ2v) is 4.66. The molecule has 1 aromatic carbocycles. The average Bonchev–Trinajstić information content (AvgIpc) is 2.27. The Kier molecular flexibility index (Phi) is 3.38. The van der Waals surface area contributed by atoms with E-state index in [1.807, 2.05) is 13.8 Å². The topological polar surface area (TPSA) is 81.6 Å². The van der Waals surface area contributed by atoms with Gasteiger partial charge < -0.3 is 15.4 Å².